The lowest BCUT2D eigenvalue weighted by atomic mass is 9.81. The summed E-state index contributed by atoms with van der Waals surface area (Å²) in [6.45, 7) is 1.13. The first-order valence-corrected chi connectivity index (χ1v) is 8.78. The van der Waals surface area contributed by atoms with E-state index >= 15 is 0 Å². The number of esters is 1. The van der Waals surface area contributed by atoms with E-state index in [4.69, 9.17) is 11.6 Å². The fourth-order valence-electron chi connectivity index (χ4n) is 3.42. The largest absolute Gasteiger partial charge is 0.465 e. The van der Waals surface area contributed by atoms with Crippen LogP contribution in [0, 0.1) is 11.7 Å². The van der Waals surface area contributed by atoms with Gasteiger partial charge < -0.3 is 14.7 Å². The van der Waals surface area contributed by atoms with Crippen LogP contribution in [0.2, 0.25) is 5.15 Å². The fraction of sp³-hybridized carbons (Fsp3) is 0.368. The number of methoxy groups -OCH3 is 1. The summed E-state index contributed by atoms with van der Waals surface area (Å²) in [4.78, 5) is 17.5. The van der Waals surface area contributed by atoms with Gasteiger partial charge in [0.15, 0.2) is 11.6 Å². The van der Waals surface area contributed by atoms with Gasteiger partial charge in [0.1, 0.15) is 10.7 Å². The monoisotopic (exact) mass is 378 g/mol. The molecule has 1 aromatic carbocycles. The summed E-state index contributed by atoms with van der Waals surface area (Å²) in [5.74, 6) is -1.09. The highest BCUT2D eigenvalue weighted by Gasteiger charge is 2.32. The number of ether oxygens (including phenoxy) is 1. The van der Waals surface area contributed by atoms with E-state index in [-0.39, 0.29) is 35.0 Å². The standard InChI is InChI=1S/C19H20ClFN2O3/c1-26-19(25)14-9-16(21)18(22-17(14)20)23-8-7-13(11-24)15(10-23)12-5-3-2-4-6-12/h2-6,9,13,15,24H,7-8,10-11H2,1H3. The first kappa shape index (κ1) is 18.6. The summed E-state index contributed by atoms with van der Waals surface area (Å²) in [5, 5.41) is 9.63. The molecule has 1 fully saturated rings. The van der Waals surface area contributed by atoms with E-state index in [2.05, 4.69) is 9.72 Å². The van der Waals surface area contributed by atoms with Gasteiger partial charge in [-0.1, -0.05) is 41.9 Å². The maximum absolute atomic E-state index is 14.6. The third-order valence-electron chi connectivity index (χ3n) is 4.83. The Balaban J connectivity index is 1.90. The van der Waals surface area contributed by atoms with Gasteiger partial charge in [-0.2, -0.15) is 0 Å². The van der Waals surface area contributed by atoms with Gasteiger partial charge in [0.25, 0.3) is 0 Å². The highest BCUT2D eigenvalue weighted by Crippen LogP contribution is 2.35. The van der Waals surface area contributed by atoms with Crippen LogP contribution in [0.25, 0.3) is 0 Å². The van der Waals surface area contributed by atoms with Gasteiger partial charge in [0, 0.05) is 25.6 Å². The Morgan fingerprint density at radius 2 is 2.15 bits per heavy atom. The van der Waals surface area contributed by atoms with Gasteiger partial charge in [-0.15, -0.1) is 0 Å². The van der Waals surface area contributed by atoms with Crippen molar-refractivity contribution in [2.45, 2.75) is 12.3 Å². The van der Waals surface area contributed by atoms with Gasteiger partial charge >= 0.3 is 5.97 Å². The Morgan fingerprint density at radius 1 is 1.42 bits per heavy atom. The number of hydrogen-bond acceptors (Lipinski definition) is 5. The quantitative estimate of drug-likeness (QED) is 0.653. The zero-order chi connectivity index (χ0) is 18.7. The van der Waals surface area contributed by atoms with Crippen LogP contribution in [0.4, 0.5) is 10.2 Å². The molecule has 7 heteroatoms. The maximum Gasteiger partial charge on any atom is 0.341 e. The molecule has 3 rings (SSSR count). The number of benzene rings is 1. The van der Waals surface area contributed by atoms with Crippen molar-refractivity contribution in [3.05, 3.63) is 58.5 Å². The topological polar surface area (TPSA) is 62.7 Å². The molecule has 0 saturated carbocycles. The number of carbonyl (C=O) groups excluding carboxylic acids is 1. The van der Waals surface area contributed by atoms with Gasteiger partial charge in [-0.3, -0.25) is 0 Å². The van der Waals surface area contributed by atoms with Crippen LogP contribution in [0.15, 0.2) is 36.4 Å². The highest BCUT2D eigenvalue weighted by atomic mass is 35.5. The molecule has 0 aliphatic carbocycles. The number of pyridine rings is 1. The third kappa shape index (κ3) is 3.66. The number of carbonyl (C=O) groups is 1. The summed E-state index contributed by atoms with van der Waals surface area (Å²) in [5.41, 5.74) is 0.995. The predicted octanol–water partition coefficient (Wildman–Crippen LogP) is 3.26. The number of nitrogens with zero attached hydrogens (tertiary/aromatic N) is 2. The van der Waals surface area contributed by atoms with Crippen molar-refractivity contribution in [3.63, 3.8) is 0 Å². The molecule has 1 aromatic heterocycles. The highest BCUT2D eigenvalue weighted by molar-refractivity contribution is 6.32. The Kier molecular flexibility index (Phi) is 5.74. The summed E-state index contributed by atoms with van der Waals surface area (Å²) >= 11 is 6.06. The van der Waals surface area contributed by atoms with E-state index in [0.717, 1.165) is 11.6 Å². The number of piperidine rings is 1. The molecule has 1 saturated heterocycles. The molecule has 0 spiro atoms. The number of aliphatic hydroxyl groups excluding tert-OH is 1. The first-order chi connectivity index (χ1) is 12.5. The zero-order valence-corrected chi connectivity index (χ0v) is 15.1. The minimum absolute atomic E-state index is 0.0511. The van der Waals surface area contributed by atoms with E-state index in [9.17, 15) is 14.3 Å². The minimum Gasteiger partial charge on any atom is -0.465 e. The van der Waals surface area contributed by atoms with Crippen LogP contribution in [0.3, 0.4) is 0 Å². The molecule has 1 aliphatic rings. The molecule has 26 heavy (non-hydrogen) atoms. The van der Waals surface area contributed by atoms with Crippen LogP contribution in [0.5, 0.6) is 0 Å². The van der Waals surface area contributed by atoms with Gasteiger partial charge in [-0.05, 0) is 24.0 Å². The molecule has 2 aromatic rings. The lowest BCUT2D eigenvalue weighted by molar-refractivity contribution is 0.0600. The average molecular weight is 379 g/mol. The maximum atomic E-state index is 14.6. The SMILES string of the molecule is COC(=O)c1cc(F)c(N2CCC(CO)C(c3ccccc3)C2)nc1Cl. The molecule has 2 unspecified atom stereocenters. The number of rotatable bonds is 4. The number of anilines is 1. The van der Waals surface area contributed by atoms with Gasteiger partial charge in [0.2, 0.25) is 0 Å². The van der Waals surface area contributed by atoms with Crippen LogP contribution in [-0.2, 0) is 4.74 Å². The molecule has 0 amide bonds. The Bertz CT molecular complexity index is 788. The van der Waals surface area contributed by atoms with Crippen LogP contribution in [-0.4, -0.2) is 42.9 Å². The zero-order valence-electron chi connectivity index (χ0n) is 14.4. The Labute approximate surface area is 156 Å². The molecule has 1 aliphatic heterocycles. The van der Waals surface area contributed by atoms with Crippen LogP contribution in [0.1, 0.15) is 28.3 Å². The van der Waals surface area contributed by atoms with Crippen LogP contribution >= 0.6 is 11.6 Å². The van der Waals surface area contributed by atoms with E-state index in [1.165, 1.54) is 7.11 Å². The molecule has 0 radical (unpaired) electrons. The molecule has 138 valence electrons. The van der Waals surface area contributed by atoms with E-state index in [1.807, 2.05) is 35.2 Å². The van der Waals surface area contributed by atoms with Crippen LogP contribution < -0.4 is 4.90 Å². The second kappa shape index (κ2) is 8.01. The van der Waals surface area contributed by atoms with Crippen molar-refractivity contribution in [1.82, 2.24) is 4.98 Å². The molecule has 0 bridgehead atoms. The third-order valence-corrected chi connectivity index (χ3v) is 5.12. The van der Waals surface area contributed by atoms with Crippen molar-refractivity contribution in [3.8, 4) is 0 Å². The Hall–Kier alpha value is -2.18. The second-order valence-electron chi connectivity index (χ2n) is 6.32. The smallest absolute Gasteiger partial charge is 0.341 e. The van der Waals surface area contributed by atoms with Crippen molar-refractivity contribution >= 4 is 23.4 Å². The van der Waals surface area contributed by atoms with Gasteiger partial charge in [0.05, 0.1) is 7.11 Å². The average Bonchev–Trinajstić information content (AvgIpc) is 2.69. The van der Waals surface area contributed by atoms with Crippen molar-refractivity contribution in [1.29, 1.82) is 0 Å². The normalized spacial score (nSPS) is 20.1. The second-order valence-corrected chi connectivity index (χ2v) is 6.68. The van der Waals surface area contributed by atoms with E-state index in [0.29, 0.717) is 19.5 Å². The lowest BCUT2D eigenvalue weighted by Gasteiger charge is -2.39. The van der Waals surface area contributed by atoms with Crippen molar-refractivity contribution < 1.29 is 19.0 Å². The number of aliphatic hydroxyl groups is 1. The number of aromatic nitrogens is 1. The number of hydrogen-bond donors (Lipinski definition) is 1. The molecule has 2 atom stereocenters. The predicted molar refractivity (Wildman–Crippen MR) is 97.1 cm³/mol. The minimum atomic E-state index is -0.728. The van der Waals surface area contributed by atoms with Crippen molar-refractivity contribution in [2.75, 3.05) is 31.7 Å². The Morgan fingerprint density at radius 3 is 2.81 bits per heavy atom. The van der Waals surface area contributed by atoms with E-state index < -0.39 is 11.8 Å². The summed E-state index contributed by atoms with van der Waals surface area (Å²) in [7, 11) is 1.20. The number of halogens is 2. The molecular formula is C19H20ClFN2O3. The van der Waals surface area contributed by atoms with Gasteiger partial charge in [-0.25, -0.2) is 14.2 Å². The van der Waals surface area contributed by atoms with Crippen molar-refractivity contribution in [2.24, 2.45) is 5.92 Å². The lowest BCUT2D eigenvalue weighted by Crippen LogP contribution is -2.41. The summed E-state index contributed by atoms with van der Waals surface area (Å²) < 4.78 is 19.2. The van der Waals surface area contributed by atoms with E-state index in [1.54, 1.807) is 0 Å². The summed E-state index contributed by atoms with van der Waals surface area (Å²) in [6, 6.07) is 10.9. The molecule has 2 heterocycles. The molecule has 5 nitrogen and oxygen atoms in total. The molecular weight excluding hydrogens is 359 g/mol. The first-order valence-electron chi connectivity index (χ1n) is 8.40. The molecule has 1 N–H and O–H groups in total. The fourth-order valence-corrected chi connectivity index (χ4v) is 3.63. The summed E-state index contributed by atoms with van der Waals surface area (Å²) in [6.07, 6.45) is 0.702.